The van der Waals surface area contributed by atoms with E-state index in [1.165, 1.54) is 38.8 Å². The number of cyclic esters (lactones) is 1. The third-order valence-electron chi connectivity index (χ3n) is 9.80. The molecular weight excluding hydrogens is 640 g/mol. The summed E-state index contributed by atoms with van der Waals surface area (Å²) < 4.78 is 28.3. The van der Waals surface area contributed by atoms with Crippen molar-refractivity contribution in [2.45, 2.75) is 130 Å². The zero-order valence-electron chi connectivity index (χ0n) is 30.0. The van der Waals surface area contributed by atoms with E-state index in [-0.39, 0.29) is 42.3 Å². The third-order valence-corrected chi connectivity index (χ3v) is 10.3. The molecule has 1 aromatic rings. The lowest BCUT2D eigenvalue weighted by Crippen LogP contribution is -2.48. The van der Waals surface area contributed by atoms with E-state index in [1.807, 2.05) is 26.2 Å². The minimum absolute atomic E-state index is 0.0121. The number of Topliss-reactive ketones (excluding diaryl/α,β-unsaturated/α-hetero) is 1. The lowest BCUT2D eigenvalue weighted by atomic mass is 9.72. The Bertz CT molecular complexity index is 1370. The molecule has 3 rings (SSSR count). The molecule has 12 nitrogen and oxygen atoms in total. The van der Waals surface area contributed by atoms with E-state index in [1.54, 1.807) is 20.8 Å². The van der Waals surface area contributed by atoms with Gasteiger partial charge in [-0.15, -0.1) is 0 Å². The molecule has 0 bridgehead atoms. The molecule has 0 aromatic carbocycles. The highest BCUT2D eigenvalue weighted by Crippen LogP contribution is 2.48. The molecule has 2 aliphatic rings. The number of ether oxygens (including phenoxy) is 4. The standard InChI is InChI=1S/C35H52N2O10S/c1-20-12-11-13-35(9)28(37(35)14-15-43-23(4)38)17-27(21(2)16-26-19-44-33(36-26)48-10)47-30(41)18-29(45-24(5)39)34(7,8)32(42)22(3)31(20)46-25(6)40/h16,19-20,22,27-29,31H,11-15,17-18H2,1-10H3/b21-16+/t20-,22+,27-,28-,29-,31-,35+,37?/m0/s1. The molecule has 2 saturated heterocycles. The molecular formula is C35H52N2O10S. The number of rotatable bonds is 8. The van der Waals surface area contributed by atoms with Crippen molar-refractivity contribution in [3.8, 4) is 0 Å². The van der Waals surface area contributed by atoms with Gasteiger partial charge in [-0.25, -0.2) is 4.98 Å². The maximum Gasteiger partial charge on any atom is 0.310 e. The molecule has 0 radical (unpaired) electrons. The summed E-state index contributed by atoms with van der Waals surface area (Å²) in [4.78, 5) is 70.5. The van der Waals surface area contributed by atoms with E-state index in [9.17, 15) is 24.0 Å². The summed E-state index contributed by atoms with van der Waals surface area (Å²) in [6.07, 6.45) is 5.02. The number of aromatic nitrogens is 1. The average molecular weight is 693 g/mol. The predicted molar refractivity (Wildman–Crippen MR) is 179 cm³/mol. The fourth-order valence-electron chi connectivity index (χ4n) is 7.00. The first-order chi connectivity index (χ1) is 22.4. The molecule has 1 unspecified atom stereocenters. The maximum absolute atomic E-state index is 14.1. The van der Waals surface area contributed by atoms with Gasteiger partial charge in [0.25, 0.3) is 5.22 Å². The third kappa shape index (κ3) is 9.93. The quantitative estimate of drug-likeness (QED) is 0.148. The SMILES string of the molecule is CSc1nc(/C=C(\C)[C@@H]2C[C@@H]3N(CCOC(C)=O)[C@]3(C)CCC[C@H](C)[C@H](OC(C)=O)[C@@H](C)C(=O)C(C)(C)[C@@H](OC(C)=O)CC(=O)O2)co1. The smallest absolute Gasteiger partial charge is 0.310 e. The Morgan fingerprint density at radius 3 is 2.31 bits per heavy atom. The molecule has 0 spiro atoms. The second kappa shape index (κ2) is 16.5. The van der Waals surface area contributed by atoms with Gasteiger partial charge in [-0.1, -0.05) is 32.0 Å². The molecule has 8 atom stereocenters. The van der Waals surface area contributed by atoms with Crippen molar-refractivity contribution >= 4 is 47.5 Å². The van der Waals surface area contributed by atoms with Crippen LogP contribution in [-0.4, -0.2) is 88.8 Å². The Hall–Kier alpha value is -3.19. The summed E-state index contributed by atoms with van der Waals surface area (Å²) >= 11 is 1.37. The normalized spacial score (nSPS) is 31.6. The summed E-state index contributed by atoms with van der Waals surface area (Å²) in [6.45, 7) is 15.6. The number of carbonyl (C=O) groups is 5. The second-order valence-electron chi connectivity index (χ2n) is 13.9. The van der Waals surface area contributed by atoms with Crippen molar-refractivity contribution in [1.29, 1.82) is 0 Å². The number of hydrogen-bond donors (Lipinski definition) is 0. The van der Waals surface area contributed by atoms with Crippen molar-refractivity contribution in [2.24, 2.45) is 17.3 Å². The monoisotopic (exact) mass is 692 g/mol. The topological polar surface area (TPSA) is 151 Å². The number of carbonyl (C=O) groups excluding carboxylic acids is 5. The number of nitrogens with zero attached hydrogens (tertiary/aromatic N) is 2. The van der Waals surface area contributed by atoms with Crippen LogP contribution < -0.4 is 0 Å². The Balaban J connectivity index is 2.05. The number of hydrogen-bond acceptors (Lipinski definition) is 13. The number of esters is 4. The van der Waals surface area contributed by atoms with Crippen LogP contribution in [0.25, 0.3) is 6.08 Å². The van der Waals surface area contributed by atoms with Gasteiger partial charge in [0.05, 0.1) is 17.8 Å². The van der Waals surface area contributed by atoms with E-state index < -0.39 is 47.6 Å². The average Bonchev–Trinajstić information content (AvgIpc) is 3.29. The predicted octanol–water partition coefficient (Wildman–Crippen LogP) is 5.41. The van der Waals surface area contributed by atoms with Crippen molar-refractivity contribution in [3.05, 3.63) is 17.5 Å². The van der Waals surface area contributed by atoms with Crippen LogP contribution in [0.3, 0.4) is 0 Å². The zero-order chi connectivity index (χ0) is 36.0. The van der Waals surface area contributed by atoms with Crippen molar-refractivity contribution in [1.82, 2.24) is 9.88 Å². The van der Waals surface area contributed by atoms with E-state index in [4.69, 9.17) is 23.4 Å². The van der Waals surface area contributed by atoms with Gasteiger partial charge in [0, 0.05) is 45.3 Å². The molecule has 0 saturated carbocycles. The van der Waals surface area contributed by atoms with Gasteiger partial charge in [-0.3, -0.25) is 28.9 Å². The van der Waals surface area contributed by atoms with E-state index in [0.29, 0.717) is 30.3 Å². The first-order valence-corrected chi connectivity index (χ1v) is 17.8. The minimum atomic E-state index is -1.31. The van der Waals surface area contributed by atoms with Gasteiger partial charge < -0.3 is 23.4 Å². The summed E-state index contributed by atoms with van der Waals surface area (Å²) in [5, 5.41) is 0.506. The second-order valence-corrected chi connectivity index (χ2v) is 14.6. The van der Waals surface area contributed by atoms with Crippen molar-refractivity contribution in [2.75, 3.05) is 19.4 Å². The molecule has 2 aliphatic heterocycles. The van der Waals surface area contributed by atoms with Crippen LogP contribution in [-0.2, 0) is 42.9 Å². The van der Waals surface area contributed by atoms with Crippen LogP contribution in [0.5, 0.6) is 0 Å². The first-order valence-electron chi connectivity index (χ1n) is 16.6. The lowest BCUT2D eigenvalue weighted by Gasteiger charge is -2.37. The summed E-state index contributed by atoms with van der Waals surface area (Å²) in [6, 6.07) is -0.0121. The van der Waals surface area contributed by atoms with Crippen LogP contribution in [0.2, 0.25) is 0 Å². The highest BCUT2D eigenvalue weighted by molar-refractivity contribution is 7.98. The molecule has 268 valence electrons. The lowest BCUT2D eigenvalue weighted by molar-refractivity contribution is -0.167. The van der Waals surface area contributed by atoms with Crippen molar-refractivity contribution in [3.63, 3.8) is 0 Å². The summed E-state index contributed by atoms with van der Waals surface area (Å²) in [5.41, 5.74) is -0.273. The van der Waals surface area contributed by atoms with E-state index in [2.05, 4.69) is 16.8 Å². The van der Waals surface area contributed by atoms with Gasteiger partial charge in [0.15, 0.2) is 0 Å². The molecule has 1 aromatic heterocycles. The first kappa shape index (κ1) is 39.3. The largest absolute Gasteiger partial charge is 0.465 e. The minimum Gasteiger partial charge on any atom is -0.465 e. The van der Waals surface area contributed by atoms with Crippen LogP contribution in [0.1, 0.15) is 100 Å². The summed E-state index contributed by atoms with van der Waals surface area (Å²) in [5.74, 6) is -3.31. The zero-order valence-corrected chi connectivity index (χ0v) is 30.8. The molecule has 0 aliphatic carbocycles. The van der Waals surface area contributed by atoms with Crippen LogP contribution in [0.15, 0.2) is 21.5 Å². The fraction of sp³-hybridized carbons (Fsp3) is 0.714. The van der Waals surface area contributed by atoms with Gasteiger partial charge in [-0.05, 0) is 64.4 Å². The molecule has 13 heteroatoms. The maximum atomic E-state index is 14.1. The Labute approximate surface area is 288 Å². The molecule has 0 amide bonds. The fourth-order valence-corrected chi connectivity index (χ4v) is 7.34. The Morgan fingerprint density at radius 1 is 1.06 bits per heavy atom. The molecule has 0 N–H and O–H groups in total. The van der Waals surface area contributed by atoms with Crippen LogP contribution in [0, 0.1) is 17.3 Å². The van der Waals surface area contributed by atoms with Crippen LogP contribution in [0.4, 0.5) is 0 Å². The van der Waals surface area contributed by atoms with Gasteiger partial charge in [0.1, 0.15) is 42.7 Å². The summed E-state index contributed by atoms with van der Waals surface area (Å²) in [7, 11) is 0. The van der Waals surface area contributed by atoms with Gasteiger partial charge >= 0.3 is 23.9 Å². The number of oxazole rings is 1. The van der Waals surface area contributed by atoms with E-state index in [0.717, 1.165) is 18.4 Å². The van der Waals surface area contributed by atoms with E-state index >= 15 is 0 Å². The Morgan fingerprint density at radius 2 is 1.73 bits per heavy atom. The number of fused-ring (bicyclic) bond motifs is 1. The van der Waals surface area contributed by atoms with Crippen molar-refractivity contribution < 1.29 is 47.3 Å². The molecule has 3 heterocycles. The van der Waals surface area contributed by atoms with Gasteiger partial charge in [-0.2, -0.15) is 0 Å². The highest BCUT2D eigenvalue weighted by atomic mass is 32.2. The molecule has 48 heavy (non-hydrogen) atoms. The number of thioether (sulfide) groups is 1. The Kier molecular flexibility index (Phi) is 13.5. The molecule has 2 fully saturated rings. The van der Waals surface area contributed by atoms with Gasteiger partial charge in [0.2, 0.25) is 0 Å². The van der Waals surface area contributed by atoms with Crippen LogP contribution >= 0.6 is 11.8 Å². The number of ketones is 1. The highest BCUT2D eigenvalue weighted by Gasteiger charge is 2.58.